The lowest BCUT2D eigenvalue weighted by Gasteiger charge is -2.22. The van der Waals surface area contributed by atoms with Gasteiger partial charge >= 0.3 is 0 Å². The summed E-state index contributed by atoms with van der Waals surface area (Å²) < 4.78 is 12.0. The minimum Gasteiger partial charge on any atom is -0.475 e. The van der Waals surface area contributed by atoms with Crippen LogP contribution in [0.25, 0.3) is 22.3 Å². The van der Waals surface area contributed by atoms with Crippen molar-refractivity contribution in [2.75, 3.05) is 23.8 Å². The zero-order valence-corrected chi connectivity index (χ0v) is 23.5. The quantitative estimate of drug-likeness (QED) is 0.206. The predicted octanol–water partition coefficient (Wildman–Crippen LogP) is 4.30. The Morgan fingerprint density at radius 1 is 1.05 bits per heavy atom. The fourth-order valence-electron chi connectivity index (χ4n) is 5.30. The van der Waals surface area contributed by atoms with Gasteiger partial charge in [-0.25, -0.2) is 9.97 Å². The SMILES string of the molecule is CCOc1nc(C)cc2cc(-c3c(C)nc(NC(C)c4ccc(C)cc4)nc3N[C@@H]3C[C@H](CO)[C@@H](O)[C@H]3O)oc12. The van der Waals surface area contributed by atoms with E-state index in [1.54, 1.807) is 0 Å². The summed E-state index contributed by atoms with van der Waals surface area (Å²) in [6, 6.07) is 11.5. The first-order chi connectivity index (χ1) is 19.2. The molecule has 4 aromatic rings. The zero-order chi connectivity index (χ0) is 28.6. The number of pyridine rings is 1. The third-order valence-corrected chi connectivity index (χ3v) is 7.50. The third kappa shape index (κ3) is 5.47. The highest BCUT2D eigenvalue weighted by atomic mass is 16.5. The van der Waals surface area contributed by atoms with Gasteiger partial charge in [-0.05, 0) is 58.7 Å². The summed E-state index contributed by atoms with van der Waals surface area (Å²) in [5.74, 6) is 1.36. The molecule has 3 heterocycles. The molecule has 0 aliphatic heterocycles. The Bertz CT molecular complexity index is 1490. The normalized spacial score (nSPS) is 21.5. The summed E-state index contributed by atoms with van der Waals surface area (Å²) in [7, 11) is 0. The van der Waals surface area contributed by atoms with E-state index >= 15 is 0 Å². The second kappa shape index (κ2) is 11.4. The molecule has 0 saturated heterocycles. The molecule has 0 amide bonds. The number of ether oxygens (including phenoxy) is 1. The maximum absolute atomic E-state index is 10.7. The van der Waals surface area contributed by atoms with Gasteiger partial charge in [0.1, 0.15) is 17.7 Å². The van der Waals surface area contributed by atoms with Crippen LogP contribution in [0.2, 0.25) is 0 Å². The second-order valence-electron chi connectivity index (χ2n) is 10.6. The van der Waals surface area contributed by atoms with E-state index in [1.165, 1.54) is 5.56 Å². The van der Waals surface area contributed by atoms with Crippen molar-refractivity contribution in [1.82, 2.24) is 15.0 Å². The standard InChI is InChI=1S/C30H37N5O5/c1-6-39-29-27-20(11-16(3)31-29)13-23(40-27)24-18(5)33-30(32-17(4)19-9-7-15(2)8-10-19)35-28(24)34-22-12-21(14-36)25(37)26(22)38/h7-11,13,17,21-22,25-26,36-38H,6,12,14H2,1-5H3,(H2,32,33,34,35)/t17?,21-,22-,25-,26+/m1/s1. The van der Waals surface area contributed by atoms with Crippen molar-refractivity contribution in [2.45, 2.75) is 65.3 Å². The predicted molar refractivity (Wildman–Crippen MR) is 154 cm³/mol. The van der Waals surface area contributed by atoms with Crippen molar-refractivity contribution in [2.24, 2.45) is 5.92 Å². The van der Waals surface area contributed by atoms with Gasteiger partial charge in [0.05, 0.1) is 36.1 Å². The molecule has 0 radical (unpaired) electrons. The molecule has 10 heteroatoms. The Labute approximate surface area is 233 Å². The molecular formula is C30H37N5O5. The first-order valence-corrected chi connectivity index (χ1v) is 13.7. The van der Waals surface area contributed by atoms with Crippen LogP contribution in [0.15, 0.2) is 40.8 Å². The fourth-order valence-corrected chi connectivity index (χ4v) is 5.30. The van der Waals surface area contributed by atoms with Gasteiger partial charge in [0.25, 0.3) is 5.88 Å². The largest absolute Gasteiger partial charge is 0.475 e. The minimum absolute atomic E-state index is 0.0645. The van der Waals surface area contributed by atoms with Crippen LogP contribution < -0.4 is 15.4 Å². The van der Waals surface area contributed by atoms with Gasteiger partial charge in [-0.3, -0.25) is 0 Å². The monoisotopic (exact) mass is 547 g/mol. The van der Waals surface area contributed by atoms with E-state index in [0.29, 0.717) is 53.3 Å². The number of nitrogens with one attached hydrogen (secondary N) is 2. The molecule has 5 atom stereocenters. The minimum atomic E-state index is -1.07. The van der Waals surface area contributed by atoms with Crippen LogP contribution in [0, 0.1) is 26.7 Å². The number of aromatic nitrogens is 3. The van der Waals surface area contributed by atoms with Gasteiger partial charge in [0, 0.05) is 23.6 Å². The lowest BCUT2D eigenvalue weighted by atomic mass is 10.1. The summed E-state index contributed by atoms with van der Waals surface area (Å²) in [4.78, 5) is 14.1. The number of hydrogen-bond acceptors (Lipinski definition) is 10. The summed E-state index contributed by atoms with van der Waals surface area (Å²) >= 11 is 0. The second-order valence-corrected chi connectivity index (χ2v) is 10.6. The Hall–Kier alpha value is -3.73. The molecule has 212 valence electrons. The summed E-state index contributed by atoms with van der Waals surface area (Å²) in [5, 5.41) is 38.4. The van der Waals surface area contributed by atoms with Crippen molar-refractivity contribution >= 4 is 22.7 Å². The van der Waals surface area contributed by atoms with E-state index in [-0.39, 0.29) is 12.6 Å². The number of aryl methyl sites for hydroxylation is 3. The highest BCUT2D eigenvalue weighted by molar-refractivity contribution is 5.89. The first kappa shape index (κ1) is 27.8. The molecule has 0 spiro atoms. The Morgan fingerprint density at radius 2 is 1.80 bits per heavy atom. The molecule has 40 heavy (non-hydrogen) atoms. The molecule has 1 aromatic carbocycles. The van der Waals surface area contributed by atoms with Crippen molar-refractivity contribution in [1.29, 1.82) is 0 Å². The van der Waals surface area contributed by atoms with Gasteiger partial charge in [-0.15, -0.1) is 0 Å². The molecule has 1 saturated carbocycles. The van der Waals surface area contributed by atoms with Crippen molar-refractivity contribution in [3.63, 3.8) is 0 Å². The molecule has 1 aliphatic carbocycles. The van der Waals surface area contributed by atoms with Gasteiger partial charge < -0.3 is 35.1 Å². The van der Waals surface area contributed by atoms with Crippen LogP contribution in [0.1, 0.15) is 48.8 Å². The van der Waals surface area contributed by atoms with Crippen LogP contribution in [-0.4, -0.2) is 61.7 Å². The number of furan rings is 1. The van der Waals surface area contributed by atoms with Crippen LogP contribution in [0.3, 0.4) is 0 Å². The molecule has 1 aliphatic rings. The molecule has 1 unspecified atom stereocenters. The van der Waals surface area contributed by atoms with Gasteiger partial charge in [-0.2, -0.15) is 4.98 Å². The number of aliphatic hydroxyl groups excluding tert-OH is 3. The highest BCUT2D eigenvalue weighted by Gasteiger charge is 2.41. The van der Waals surface area contributed by atoms with E-state index < -0.39 is 24.2 Å². The number of nitrogens with zero attached hydrogens (tertiary/aromatic N) is 3. The zero-order valence-electron chi connectivity index (χ0n) is 23.5. The maximum Gasteiger partial charge on any atom is 0.258 e. The number of fused-ring (bicyclic) bond motifs is 1. The van der Waals surface area contributed by atoms with Crippen molar-refractivity contribution < 1.29 is 24.5 Å². The Kier molecular flexibility index (Phi) is 7.93. The summed E-state index contributed by atoms with van der Waals surface area (Å²) in [6.07, 6.45) is -1.74. The molecular weight excluding hydrogens is 510 g/mol. The van der Waals surface area contributed by atoms with Crippen LogP contribution >= 0.6 is 0 Å². The van der Waals surface area contributed by atoms with E-state index in [9.17, 15) is 15.3 Å². The molecule has 3 aromatic heterocycles. The first-order valence-electron chi connectivity index (χ1n) is 13.7. The topological polar surface area (TPSA) is 146 Å². The number of hydrogen-bond donors (Lipinski definition) is 5. The van der Waals surface area contributed by atoms with Crippen molar-refractivity contribution in [3.05, 3.63) is 58.9 Å². The molecule has 5 N–H and O–H groups in total. The van der Waals surface area contributed by atoms with Gasteiger partial charge in [0.15, 0.2) is 5.58 Å². The summed E-state index contributed by atoms with van der Waals surface area (Å²) in [6.45, 7) is 9.98. The number of rotatable bonds is 9. The Morgan fingerprint density at radius 3 is 2.48 bits per heavy atom. The van der Waals surface area contributed by atoms with E-state index in [2.05, 4.69) is 39.9 Å². The van der Waals surface area contributed by atoms with Crippen LogP contribution in [-0.2, 0) is 0 Å². The third-order valence-electron chi connectivity index (χ3n) is 7.50. The van der Waals surface area contributed by atoms with Crippen LogP contribution in [0.5, 0.6) is 5.88 Å². The molecule has 1 fully saturated rings. The average molecular weight is 548 g/mol. The molecule has 10 nitrogen and oxygen atoms in total. The van der Waals surface area contributed by atoms with Gasteiger partial charge in [-0.1, -0.05) is 29.8 Å². The smallest absolute Gasteiger partial charge is 0.258 e. The van der Waals surface area contributed by atoms with Gasteiger partial charge in [0.2, 0.25) is 5.95 Å². The highest BCUT2D eigenvalue weighted by Crippen LogP contribution is 2.39. The van der Waals surface area contributed by atoms with E-state index in [1.807, 2.05) is 46.8 Å². The van der Waals surface area contributed by atoms with Crippen LogP contribution in [0.4, 0.5) is 11.8 Å². The molecule has 5 rings (SSSR count). The average Bonchev–Trinajstić information content (AvgIpc) is 3.45. The number of anilines is 2. The van der Waals surface area contributed by atoms with Crippen molar-refractivity contribution in [3.8, 4) is 17.2 Å². The Balaban J connectivity index is 1.57. The lowest BCUT2D eigenvalue weighted by Crippen LogP contribution is -2.35. The number of benzene rings is 1. The summed E-state index contributed by atoms with van der Waals surface area (Å²) in [5.41, 5.74) is 4.89. The van der Waals surface area contributed by atoms with E-state index in [4.69, 9.17) is 19.1 Å². The lowest BCUT2D eigenvalue weighted by molar-refractivity contribution is 0.00446. The van der Waals surface area contributed by atoms with E-state index in [0.717, 1.165) is 16.6 Å². The number of aliphatic hydroxyl groups is 3. The maximum atomic E-state index is 10.7. The molecule has 0 bridgehead atoms. The fraction of sp³-hybridized carbons (Fsp3) is 0.433.